The third kappa shape index (κ3) is 30.6. The first-order valence-electron chi connectivity index (χ1n) is 24.2. The van der Waals surface area contributed by atoms with Crippen molar-refractivity contribution in [3.8, 4) is 0 Å². The van der Waals surface area contributed by atoms with Gasteiger partial charge in [-0.25, -0.2) is 4.79 Å². The maximum Gasteiger partial charge on any atom is 0.335 e. The summed E-state index contributed by atoms with van der Waals surface area (Å²) in [6.07, 6.45) is 32.8. The van der Waals surface area contributed by atoms with Gasteiger partial charge in [-0.15, -0.1) is 0 Å². The van der Waals surface area contributed by atoms with Gasteiger partial charge in [-0.3, -0.25) is 9.59 Å². The smallest absolute Gasteiger partial charge is 0.335 e. The molecule has 4 N–H and O–H groups in total. The molecule has 1 fully saturated rings. The molecule has 11 nitrogen and oxygen atoms in total. The minimum Gasteiger partial charge on any atom is -0.479 e. The Kier molecular flexibility index (Phi) is 36.2. The predicted molar refractivity (Wildman–Crippen MR) is 234 cm³/mol. The van der Waals surface area contributed by atoms with Crippen LogP contribution in [0.3, 0.4) is 0 Å². The zero-order valence-electron chi connectivity index (χ0n) is 37.5. The van der Waals surface area contributed by atoms with E-state index in [0.29, 0.717) is 12.8 Å². The minimum absolute atomic E-state index is 0.187. The quantitative estimate of drug-likeness (QED) is 0.0263. The highest BCUT2D eigenvalue weighted by molar-refractivity contribution is 5.73. The fraction of sp³-hybridized carbons (Fsp3) is 0.896. The number of unbranched alkanes of at least 4 members (excludes halogenated alkanes) is 28. The first-order valence-corrected chi connectivity index (χ1v) is 24.2. The molecule has 1 heterocycles. The van der Waals surface area contributed by atoms with E-state index in [-0.39, 0.29) is 26.1 Å². The van der Waals surface area contributed by atoms with Crippen molar-refractivity contribution in [2.45, 2.75) is 263 Å². The zero-order valence-corrected chi connectivity index (χ0v) is 37.5. The van der Waals surface area contributed by atoms with Gasteiger partial charge in [0.25, 0.3) is 0 Å². The Hall–Kier alpha value is -2.05. The van der Waals surface area contributed by atoms with Gasteiger partial charge in [0, 0.05) is 12.8 Å². The van der Waals surface area contributed by atoms with Gasteiger partial charge >= 0.3 is 17.9 Å². The summed E-state index contributed by atoms with van der Waals surface area (Å²) in [4.78, 5) is 36.8. The SMILES string of the molecule is CCCCCCCCCC/C=C\CCCCCCCCCCCCCC(=O)OCC(COC1OC(C(=O)O)C(O)C(O)C1O)OC(=O)CCCCCCCCCCCC. The van der Waals surface area contributed by atoms with E-state index in [2.05, 4.69) is 26.0 Å². The maximum absolute atomic E-state index is 12.7. The highest BCUT2D eigenvalue weighted by atomic mass is 16.7. The summed E-state index contributed by atoms with van der Waals surface area (Å²) < 4.78 is 21.7. The second-order valence-corrected chi connectivity index (χ2v) is 17.0. The third-order valence-electron chi connectivity index (χ3n) is 11.4. The molecule has 0 bridgehead atoms. The molecule has 6 unspecified atom stereocenters. The third-order valence-corrected chi connectivity index (χ3v) is 11.4. The van der Waals surface area contributed by atoms with E-state index < -0.39 is 54.7 Å². The second-order valence-electron chi connectivity index (χ2n) is 17.0. The lowest BCUT2D eigenvalue weighted by molar-refractivity contribution is -0.298. The Bertz CT molecular complexity index is 1040. The topological polar surface area (TPSA) is 169 Å². The molecule has 0 aromatic carbocycles. The van der Waals surface area contributed by atoms with E-state index in [1.165, 1.54) is 148 Å². The number of aliphatic hydroxyl groups is 3. The summed E-state index contributed by atoms with van der Waals surface area (Å²) in [6, 6.07) is 0. The molecular weight excluding hydrogens is 753 g/mol. The highest BCUT2D eigenvalue weighted by Crippen LogP contribution is 2.23. The number of ether oxygens (including phenoxy) is 4. The van der Waals surface area contributed by atoms with Gasteiger partial charge in [-0.2, -0.15) is 0 Å². The molecule has 11 heteroatoms. The van der Waals surface area contributed by atoms with Crippen molar-refractivity contribution in [2.24, 2.45) is 0 Å². The summed E-state index contributed by atoms with van der Waals surface area (Å²) >= 11 is 0. The molecule has 0 saturated carbocycles. The molecule has 1 rings (SSSR count). The van der Waals surface area contributed by atoms with Gasteiger partial charge in [-0.05, 0) is 38.5 Å². The van der Waals surface area contributed by atoms with Crippen molar-refractivity contribution >= 4 is 17.9 Å². The molecule has 1 aliphatic rings. The number of allylic oxidation sites excluding steroid dienone is 2. The van der Waals surface area contributed by atoms with Gasteiger partial charge in [0.2, 0.25) is 0 Å². The van der Waals surface area contributed by atoms with Crippen LogP contribution < -0.4 is 0 Å². The number of aliphatic hydroxyl groups excluding tert-OH is 3. The monoisotopic (exact) mass is 841 g/mol. The van der Waals surface area contributed by atoms with Crippen molar-refractivity contribution in [2.75, 3.05) is 13.2 Å². The maximum atomic E-state index is 12.7. The zero-order chi connectivity index (χ0) is 43.2. The number of carbonyl (C=O) groups excluding carboxylic acids is 2. The highest BCUT2D eigenvalue weighted by Gasteiger charge is 2.47. The van der Waals surface area contributed by atoms with Crippen LogP contribution in [0.2, 0.25) is 0 Å². The summed E-state index contributed by atoms with van der Waals surface area (Å²) in [5.41, 5.74) is 0. The first-order chi connectivity index (χ1) is 28.7. The van der Waals surface area contributed by atoms with E-state index in [0.717, 1.165) is 38.5 Å². The molecule has 1 aliphatic heterocycles. The summed E-state index contributed by atoms with van der Waals surface area (Å²) in [5, 5.41) is 39.8. The average molecular weight is 841 g/mol. The van der Waals surface area contributed by atoms with Crippen LogP contribution in [-0.2, 0) is 33.3 Å². The van der Waals surface area contributed by atoms with Crippen LogP contribution >= 0.6 is 0 Å². The first kappa shape index (κ1) is 55.0. The molecular formula is C48H88O11. The number of carbonyl (C=O) groups is 3. The normalized spacial score (nSPS) is 19.9. The van der Waals surface area contributed by atoms with E-state index in [9.17, 15) is 34.8 Å². The van der Waals surface area contributed by atoms with Crippen LogP contribution in [-0.4, -0.2) is 88.4 Å². The van der Waals surface area contributed by atoms with E-state index in [4.69, 9.17) is 18.9 Å². The van der Waals surface area contributed by atoms with Crippen molar-refractivity contribution in [1.82, 2.24) is 0 Å². The van der Waals surface area contributed by atoms with Gasteiger partial charge in [0.15, 0.2) is 18.5 Å². The van der Waals surface area contributed by atoms with Crippen LogP contribution in [0.4, 0.5) is 0 Å². The Morgan fingerprint density at radius 2 is 0.898 bits per heavy atom. The molecule has 346 valence electrons. The second kappa shape index (κ2) is 38.8. The van der Waals surface area contributed by atoms with E-state index in [1.807, 2.05) is 0 Å². The molecule has 0 radical (unpaired) electrons. The fourth-order valence-corrected chi connectivity index (χ4v) is 7.52. The largest absolute Gasteiger partial charge is 0.479 e. The fourth-order valence-electron chi connectivity index (χ4n) is 7.52. The number of carboxylic acid groups (broad SMARTS) is 1. The van der Waals surface area contributed by atoms with E-state index >= 15 is 0 Å². The van der Waals surface area contributed by atoms with E-state index in [1.54, 1.807) is 0 Å². The van der Waals surface area contributed by atoms with Crippen molar-refractivity contribution < 1.29 is 53.8 Å². The molecule has 0 aromatic rings. The molecule has 59 heavy (non-hydrogen) atoms. The molecule has 0 aliphatic carbocycles. The predicted octanol–water partition coefficient (Wildman–Crippen LogP) is 10.8. The Labute approximate surface area is 358 Å². The summed E-state index contributed by atoms with van der Waals surface area (Å²) in [6.45, 7) is 3.81. The van der Waals surface area contributed by atoms with Crippen molar-refractivity contribution in [3.05, 3.63) is 12.2 Å². The van der Waals surface area contributed by atoms with Gasteiger partial charge < -0.3 is 39.4 Å². The summed E-state index contributed by atoms with van der Waals surface area (Å²) in [7, 11) is 0. The van der Waals surface area contributed by atoms with Crippen molar-refractivity contribution in [1.29, 1.82) is 0 Å². The number of rotatable bonds is 41. The van der Waals surface area contributed by atoms with Crippen LogP contribution in [0.25, 0.3) is 0 Å². The Balaban J connectivity index is 2.24. The van der Waals surface area contributed by atoms with Crippen LogP contribution in [0.1, 0.15) is 226 Å². The van der Waals surface area contributed by atoms with Crippen molar-refractivity contribution in [3.63, 3.8) is 0 Å². The van der Waals surface area contributed by atoms with Gasteiger partial charge in [0.05, 0.1) is 6.61 Å². The number of hydrogen-bond donors (Lipinski definition) is 4. The average Bonchev–Trinajstić information content (AvgIpc) is 3.22. The van der Waals surface area contributed by atoms with Gasteiger partial charge in [-0.1, -0.05) is 187 Å². The number of aliphatic carboxylic acids is 1. The minimum atomic E-state index is -1.86. The lowest BCUT2D eigenvalue weighted by Gasteiger charge is -2.38. The number of hydrogen-bond acceptors (Lipinski definition) is 10. The molecule has 6 atom stereocenters. The molecule has 0 amide bonds. The number of esters is 2. The molecule has 0 spiro atoms. The molecule has 0 aromatic heterocycles. The molecule has 1 saturated heterocycles. The standard InChI is InChI=1S/C48H88O11/c1-3-5-7-9-11-13-15-16-17-18-19-20-21-22-23-24-25-26-27-29-30-32-34-36-41(49)56-38-40(39-57-48-45(53)43(51)44(52)46(59-48)47(54)55)58-42(50)37-35-33-31-28-14-12-10-8-6-4-2/h18-19,40,43-46,48,51-53H,3-17,20-39H2,1-2H3,(H,54,55)/b19-18-. The van der Waals surface area contributed by atoms with Crippen LogP contribution in [0.15, 0.2) is 12.2 Å². The lowest BCUT2D eigenvalue weighted by atomic mass is 9.99. The lowest BCUT2D eigenvalue weighted by Crippen LogP contribution is -2.60. The Morgan fingerprint density at radius 3 is 1.32 bits per heavy atom. The van der Waals surface area contributed by atoms with Gasteiger partial charge in [0.1, 0.15) is 24.9 Å². The van der Waals surface area contributed by atoms with Crippen LogP contribution in [0.5, 0.6) is 0 Å². The van der Waals surface area contributed by atoms with Crippen LogP contribution in [0, 0.1) is 0 Å². The number of carboxylic acids is 1. The Morgan fingerprint density at radius 1 is 0.508 bits per heavy atom. The summed E-state index contributed by atoms with van der Waals surface area (Å²) in [5.74, 6) is -2.43.